The summed E-state index contributed by atoms with van der Waals surface area (Å²) < 4.78 is 41.0. The average Bonchev–Trinajstić information content (AvgIpc) is 3.09. The molecule has 0 aliphatic heterocycles. The van der Waals surface area contributed by atoms with Crippen LogP contribution in [0.4, 0.5) is 18.9 Å². The number of benzene rings is 2. The standard InChI is InChI=1S/C21H20F3N3O2S/c1-14-6-8-15(9-7-14)11-27-16(12-28)10-25-20(27)30-13-19(29)26-18-5-3-2-4-17(18)21(22,23)24/h2-10,28H,11-13H2,1H3,(H,26,29). The molecule has 158 valence electrons. The summed E-state index contributed by atoms with van der Waals surface area (Å²) in [6, 6.07) is 12.7. The number of aliphatic hydroxyl groups is 1. The Morgan fingerprint density at radius 3 is 2.53 bits per heavy atom. The number of halogens is 3. The fourth-order valence-electron chi connectivity index (χ4n) is 2.83. The second-order valence-electron chi connectivity index (χ2n) is 6.64. The van der Waals surface area contributed by atoms with Crippen molar-refractivity contribution < 1.29 is 23.1 Å². The van der Waals surface area contributed by atoms with E-state index in [1.165, 1.54) is 24.4 Å². The normalized spacial score (nSPS) is 11.5. The minimum absolute atomic E-state index is 0.123. The number of aliphatic hydroxyl groups excluding tert-OH is 1. The van der Waals surface area contributed by atoms with E-state index in [0.717, 1.165) is 29.0 Å². The molecule has 0 saturated carbocycles. The summed E-state index contributed by atoms with van der Waals surface area (Å²) in [5.41, 5.74) is 1.53. The van der Waals surface area contributed by atoms with Crippen LogP contribution in [0.25, 0.3) is 0 Å². The van der Waals surface area contributed by atoms with Gasteiger partial charge in [0.15, 0.2) is 5.16 Å². The quantitative estimate of drug-likeness (QED) is 0.537. The second kappa shape index (κ2) is 9.36. The van der Waals surface area contributed by atoms with Crippen molar-refractivity contribution >= 4 is 23.4 Å². The molecule has 0 bridgehead atoms. The first-order chi connectivity index (χ1) is 14.3. The number of carbonyl (C=O) groups is 1. The molecule has 1 amide bonds. The number of thioether (sulfide) groups is 1. The molecule has 0 atom stereocenters. The van der Waals surface area contributed by atoms with Crippen LogP contribution in [0.3, 0.4) is 0 Å². The Bertz CT molecular complexity index is 1020. The van der Waals surface area contributed by atoms with Crippen molar-refractivity contribution in [1.29, 1.82) is 0 Å². The molecule has 3 aromatic rings. The molecule has 0 saturated heterocycles. The van der Waals surface area contributed by atoms with Crippen molar-refractivity contribution in [3.63, 3.8) is 0 Å². The lowest BCUT2D eigenvalue weighted by molar-refractivity contribution is -0.137. The number of rotatable bonds is 7. The number of imidazole rings is 1. The number of aromatic nitrogens is 2. The highest BCUT2D eigenvalue weighted by Crippen LogP contribution is 2.34. The molecule has 0 unspecified atom stereocenters. The number of hydrogen-bond donors (Lipinski definition) is 2. The van der Waals surface area contributed by atoms with E-state index in [9.17, 15) is 23.1 Å². The fourth-order valence-corrected chi connectivity index (χ4v) is 3.63. The zero-order valence-electron chi connectivity index (χ0n) is 16.1. The molecular weight excluding hydrogens is 415 g/mol. The van der Waals surface area contributed by atoms with E-state index in [1.54, 1.807) is 4.57 Å². The van der Waals surface area contributed by atoms with Gasteiger partial charge < -0.3 is 15.0 Å². The van der Waals surface area contributed by atoms with Gasteiger partial charge >= 0.3 is 6.18 Å². The highest BCUT2D eigenvalue weighted by atomic mass is 32.2. The Labute approximate surface area is 175 Å². The number of anilines is 1. The average molecular weight is 435 g/mol. The summed E-state index contributed by atoms with van der Waals surface area (Å²) in [4.78, 5) is 16.5. The summed E-state index contributed by atoms with van der Waals surface area (Å²) in [7, 11) is 0. The lowest BCUT2D eigenvalue weighted by Gasteiger charge is -2.14. The number of nitrogens with zero attached hydrogens (tertiary/aromatic N) is 2. The number of nitrogens with one attached hydrogen (secondary N) is 1. The molecule has 2 aromatic carbocycles. The van der Waals surface area contributed by atoms with E-state index >= 15 is 0 Å². The van der Waals surface area contributed by atoms with Crippen molar-refractivity contribution in [3.05, 3.63) is 77.1 Å². The van der Waals surface area contributed by atoms with Gasteiger partial charge in [0.05, 0.1) is 35.5 Å². The monoisotopic (exact) mass is 435 g/mol. The molecule has 3 rings (SSSR count). The van der Waals surface area contributed by atoms with Crippen LogP contribution in [0.1, 0.15) is 22.4 Å². The lowest BCUT2D eigenvalue weighted by Crippen LogP contribution is -2.18. The van der Waals surface area contributed by atoms with Crippen LogP contribution in [0.2, 0.25) is 0 Å². The molecular formula is C21H20F3N3O2S. The minimum Gasteiger partial charge on any atom is -0.390 e. The maximum atomic E-state index is 13.1. The van der Waals surface area contributed by atoms with Gasteiger partial charge in [-0.05, 0) is 24.6 Å². The van der Waals surface area contributed by atoms with Crippen molar-refractivity contribution in [2.75, 3.05) is 11.1 Å². The predicted octanol–water partition coefficient (Wildman–Crippen LogP) is 4.48. The summed E-state index contributed by atoms with van der Waals surface area (Å²) in [5.74, 6) is -0.700. The topological polar surface area (TPSA) is 67.1 Å². The van der Waals surface area contributed by atoms with Gasteiger partial charge in [-0.1, -0.05) is 53.7 Å². The number of amides is 1. The zero-order chi connectivity index (χ0) is 21.7. The zero-order valence-corrected chi connectivity index (χ0v) is 16.9. The van der Waals surface area contributed by atoms with Gasteiger partial charge in [0.1, 0.15) is 0 Å². The van der Waals surface area contributed by atoms with E-state index in [2.05, 4.69) is 10.3 Å². The SMILES string of the molecule is Cc1ccc(Cn2c(CO)cnc2SCC(=O)Nc2ccccc2C(F)(F)F)cc1. The van der Waals surface area contributed by atoms with Crippen LogP contribution < -0.4 is 5.32 Å². The van der Waals surface area contributed by atoms with Crippen LogP contribution in [-0.4, -0.2) is 26.3 Å². The maximum absolute atomic E-state index is 13.1. The van der Waals surface area contributed by atoms with Gasteiger partial charge in [-0.25, -0.2) is 4.98 Å². The predicted molar refractivity (Wildman–Crippen MR) is 109 cm³/mol. The third-order valence-corrected chi connectivity index (χ3v) is 5.35. The molecule has 9 heteroatoms. The molecule has 1 aromatic heterocycles. The first-order valence-corrected chi connectivity index (χ1v) is 10.1. The fraction of sp³-hybridized carbons (Fsp3) is 0.238. The first kappa shape index (κ1) is 21.9. The summed E-state index contributed by atoms with van der Waals surface area (Å²) in [5, 5.41) is 12.4. The maximum Gasteiger partial charge on any atom is 0.418 e. The van der Waals surface area contributed by atoms with E-state index in [4.69, 9.17) is 0 Å². The summed E-state index contributed by atoms with van der Waals surface area (Å²) in [6.07, 6.45) is -3.04. The third kappa shape index (κ3) is 5.43. The Hall–Kier alpha value is -2.78. The van der Waals surface area contributed by atoms with Gasteiger partial charge in [-0.15, -0.1) is 0 Å². The minimum atomic E-state index is -4.56. The number of hydrogen-bond acceptors (Lipinski definition) is 4. The van der Waals surface area contributed by atoms with Gasteiger partial charge in [0.25, 0.3) is 0 Å². The molecule has 30 heavy (non-hydrogen) atoms. The van der Waals surface area contributed by atoms with Gasteiger partial charge in [0.2, 0.25) is 5.91 Å². The van der Waals surface area contributed by atoms with Crippen molar-refractivity contribution in [1.82, 2.24) is 9.55 Å². The number of alkyl halides is 3. The Kier molecular flexibility index (Phi) is 6.84. The Morgan fingerprint density at radius 2 is 1.87 bits per heavy atom. The van der Waals surface area contributed by atoms with E-state index in [-0.39, 0.29) is 18.0 Å². The number of carbonyl (C=O) groups excluding carboxylic acids is 1. The van der Waals surface area contributed by atoms with E-state index in [0.29, 0.717) is 17.4 Å². The summed E-state index contributed by atoms with van der Waals surface area (Å²) in [6.45, 7) is 2.22. The number of para-hydroxylation sites is 1. The molecule has 0 radical (unpaired) electrons. The molecule has 0 fully saturated rings. The third-order valence-electron chi connectivity index (χ3n) is 4.36. The molecule has 0 spiro atoms. The molecule has 0 aliphatic carbocycles. The van der Waals surface area contributed by atoms with Crippen LogP contribution in [0, 0.1) is 6.92 Å². The largest absolute Gasteiger partial charge is 0.418 e. The molecule has 5 nitrogen and oxygen atoms in total. The van der Waals surface area contributed by atoms with Crippen molar-refractivity contribution in [2.24, 2.45) is 0 Å². The van der Waals surface area contributed by atoms with Gasteiger partial charge in [0, 0.05) is 6.54 Å². The van der Waals surface area contributed by atoms with Crippen LogP contribution in [-0.2, 0) is 24.1 Å². The van der Waals surface area contributed by atoms with Crippen molar-refractivity contribution in [2.45, 2.75) is 31.4 Å². The smallest absolute Gasteiger partial charge is 0.390 e. The highest BCUT2D eigenvalue weighted by molar-refractivity contribution is 7.99. The van der Waals surface area contributed by atoms with Crippen LogP contribution >= 0.6 is 11.8 Å². The molecule has 2 N–H and O–H groups in total. The summed E-state index contributed by atoms with van der Waals surface area (Å²) >= 11 is 1.09. The molecule has 0 aliphatic rings. The van der Waals surface area contributed by atoms with Gasteiger partial charge in [-0.3, -0.25) is 4.79 Å². The Morgan fingerprint density at radius 1 is 1.17 bits per heavy atom. The van der Waals surface area contributed by atoms with Gasteiger partial charge in [-0.2, -0.15) is 13.2 Å². The van der Waals surface area contributed by atoms with Crippen LogP contribution in [0.15, 0.2) is 59.9 Å². The highest BCUT2D eigenvalue weighted by Gasteiger charge is 2.33. The van der Waals surface area contributed by atoms with E-state index < -0.39 is 17.6 Å². The van der Waals surface area contributed by atoms with Crippen molar-refractivity contribution in [3.8, 4) is 0 Å². The second-order valence-corrected chi connectivity index (χ2v) is 7.58. The lowest BCUT2D eigenvalue weighted by atomic mass is 10.1. The first-order valence-electron chi connectivity index (χ1n) is 9.07. The van der Waals surface area contributed by atoms with E-state index in [1.807, 2.05) is 31.2 Å². The number of aryl methyl sites for hydroxylation is 1. The molecule has 1 heterocycles. The Balaban J connectivity index is 1.70. The van der Waals surface area contributed by atoms with Crippen LogP contribution in [0.5, 0.6) is 0 Å².